The summed E-state index contributed by atoms with van der Waals surface area (Å²) in [5, 5.41) is 7.97. The van der Waals surface area contributed by atoms with E-state index in [0.717, 1.165) is 29.5 Å². The van der Waals surface area contributed by atoms with Crippen LogP contribution in [0.3, 0.4) is 0 Å². The maximum Gasteiger partial charge on any atom is 0.283 e. The fourth-order valence-electron chi connectivity index (χ4n) is 4.88. The van der Waals surface area contributed by atoms with Gasteiger partial charge in [0.1, 0.15) is 4.47 Å². The van der Waals surface area contributed by atoms with Gasteiger partial charge in [0.15, 0.2) is 0 Å². The zero-order valence-electron chi connectivity index (χ0n) is 15.4. The highest BCUT2D eigenvalue weighted by atomic mass is 79.9. The third kappa shape index (κ3) is 2.88. The molecular formula is C20H25BrN4O. The Labute approximate surface area is 162 Å². The van der Waals surface area contributed by atoms with E-state index in [9.17, 15) is 4.79 Å². The topological polar surface area (TPSA) is 59.8 Å². The molecule has 3 aliphatic carbocycles. The van der Waals surface area contributed by atoms with Crippen LogP contribution in [0.25, 0.3) is 0 Å². The van der Waals surface area contributed by atoms with E-state index < -0.39 is 0 Å². The summed E-state index contributed by atoms with van der Waals surface area (Å²) in [5.41, 5.74) is 2.16. The lowest BCUT2D eigenvalue weighted by Gasteiger charge is -2.62. The lowest BCUT2D eigenvalue weighted by atomic mass is 9.45. The van der Waals surface area contributed by atoms with Gasteiger partial charge in [-0.2, -0.15) is 5.10 Å². The van der Waals surface area contributed by atoms with Gasteiger partial charge in [-0.25, -0.2) is 4.68 Å². The van der Waals surface area contributed by atoms with Gasteiger partial charge in [-0.15, -0.1) is 0 Å². The van der Waals surface area contributed by atoms with Crippen molar-refractivity contribution in [1.29, 1.82) is 0 Å². The van der Waals surface area contributed by atoms with Crippen molar-refractivity contribution in [3.63, 3.8) is 0 Å². The molecule has 1 N–H and O–H groups in total. The van der Waals surface area contributed by atoms with Gasteiger partial charge in [0, 0.05) is 18.4 Å². The Kier molecular flexibility index (Phi) is 4.41. The molecule has 4 atom stereocenters. The van der Waals surface area contributed by atoms with Crippen LogP contribution in [-0.2, 0) is 6.54 Å². The van der Waals surface area contributed by atoms with Crippen molar-refractivity contribution < 1.29 is 0 Å². The summed E-state index contributed by atoms with van der Waals surface area (Å²) in [6.07, 6.45) is 7.73. The van der Waals surface area contributed by atoms with Crippen molar-refractivity contribution in [3.05, 3.63) is 51.1 Å². The normalized spacial score (nSPS) is 29.1. The van der Waals surface area contributed by atoms with E-state index in [-0.39, 0.29) is 5.56 Å². The summed E-state index contributed by atoms with van der Waals surface area (Å²) < 4.78 is 2.04. The van der Waals surface area contributed by atoms with Crippen molar-refractivity contribution in [1.82, 2.24) is 14.8 Å². The molecule has 0 aliphatic heterocycles. The average molecular weight is 417 g/mol. The number of hydrogen-bond acceptors (Lipinski definition) is 4. The van der Waals surface area contributed by atoms with Gasteiger partial charge < -0.3 is 5.32 Å². The smallest absolute Gasteiger partial charge is 0.283 e. The number of halogens is 1. The fraction of sp³-hybridized carbons (Fsp3) is 0.550. The van der Waals surface area contributed by atoms with Crippen LogP contribution in [0.1, 0.15) is 39.2 Å². The molecule has 6 heteroatoms. The minimum Gasteiger partial charge on any atom is -0.380 e. The molecule has 0 unspecified atom stereocenters. The van der Waals surface area contributed by atoms with Gasteiger partial charge in [0.25, 0.3) is 5.56 Å². The van der Waals surface area contributed by atoms with Crippen molar-refractivity contribution >= 4 is 21.6 Å². The van der Waals surface area contributed by atoms with Crippen LogP contribution in [0.2, 0.25) is 0 Å². The van der Waals surface area contributed by atoms with Crippen LogP contribution in [0.4, 0.5) is 5.69 Å². The van der Waals surface area contributed by atoms with Gasteiger partial charge in [-0.05, 0) is 69.6 Å². The molecule has 2 bridgehead atoms. The number of nitrogens with one attached hydrogen (secondary N) is 1. The van der Waals surface area contributed by atoms with Crippen molar-refractivity contribution in [2.24, 2.45) is 23.2 Å². The molecular weight excluding hydrogens is 392 g/mol. The van der Waals surface area contributed by atoms with E-state index in [1.165, 1.54) is 11.1 Å². The highest BCUT2D eigenvalue weighted by molar-refractivity contribution is 9.10. The summed E-state index contributed by atoms with van der Waals surface area (Å²) in [4.78, 5) is 16.7. The minimum atomic E-state index is -0.110. The third-order valence-electron chi connectivity index (χ3n) is 6.76. The molecule has 0 aromatic carbocycles. The fourth-order valence-corrected chi connectivity index (χ4v) is 5.30. The number of hydrogen-bond donors (Lipinski definition) is 1. The lowest BCUT2D eigenvalue weighted by Crippen LogP contribution is -2.58. The number of pyridine rings is 1. The van der Waals surface area contributed by atoms with Crippen LogP contribution >= 0.6 is 15.9 Å². The molecule has 3 saturated carbocycles. The molecule has 5 rings (SSSR count). The predicted octanol–water partition coefficient (Wildman–Crippen LogP) is 3.93. The van der Waals surface area contributed by atoms with Gasteiger partial charge in [0.2, 0.25) is 0 Å². The van der Waals surface area contributed by atoms with E-state index in [4.69, 9.17) is 0 Å². The van der Waals surface area contributed by atoms with Crippen LogP contribution < -0.4 is 10.9 Å². The summed E-state index contributed by atoms with van der Waals surface area (Å²) >= 11 is 3.49. The lowest BCUT2D eigenvalue weighted by molar-refractivity contribution is -0.105. The van der Waals surface area contributed by atoms with Crippen molar-refractivity contribution in [2.45, 2.75) is 46.2 Å². The second-order valence-corrected chi connectivity index (χ2v) is 9.19. The van der Waals surface area contributed by atoms with E-state index in [1.54, 1.807) is 18.6 Å². The first-order valence-electron chi connectivity index (χ1n) is 9.29. The molecule has 26 heavy (non-hydrogen) atoms. The maximum atomic E-state index is 12.7. The SMILES string of the molecule is C[C@@H]1[C@H]2C[C@@H](C[C@H]1Nc1cnn(Cc3ccncc3)c(=O)c1Br)C2(C)C. The minimum absolute atomic E-state index is 0.110. The number of nitrogens with zero attached hydrogens (tertiary/aromatic N) is 3. The first-order chi connectivity index (χ1) is 12.4. The molecule has 3 fully saturated rings. The number of anilines is 1. The molecule has 0 saturated heterocycles. The first-order valence-corrected chi connectivity index (χ1v) is 10.1. The molecule has 2 aromatic heterocycles. The Morgan fingerprint density at radius 1 is 1.31 bits per heavy atom. The molecule has 0 radical (unpaired) electrons. The van der Waals surface area contributed by atoms with E-state index in [1.807, 2.05) is 12.1 Å². The first kappa shape index (κ1) is 17.7. The van der Waals surface area contributed by atoms with Gasteiger partial charge in [0.05, 0.1) is 18.4 Å². The molecule has 3 aliphatic rings. The predicted molar refractivity (Wildman–Crippen MR) is 106 cm³/mol. The second-order valence-electron chi connectivity index (χ2n) is 8.40. The van der Waals surface area contributed by atoms with E-state index >= 15 is 0 Å². The Morgan fingerprint density at radius 2 is 2.04 bits per heavy atom. The number of rotatable bonds is 4. The molecule has 138 valence electrons. The summed E-state index contributed by atoms with van der Waals surface area (Å²) in [6, 6.07) is 4.19. The van der Waals surface area contributed by atoms with Crippen LogP contribution in [0, 0.1) is 23.2 Å². The second kappa shape index (κ2) is 6.48. The highest BCUT2D eigenvalue weighted by Crippen LogP contribution is 2.61. The molecule has 0 spiro atoms. The van der Waals surface area contributed by atoms with Crippen LogP contribution in [0.5, 0.6) is 0 Å². The Hall–Kier alpha value is -1.69. The van der Waals surface area contributed by atoms with Gasteiger partial charge in [-0.1, -0.05) is 20.8 Å². The number of aromatic nitrogens is 3. The summed E-state index contributed by atoms with van der Waals surface area (Å²) in [6.45, 7) is 7.58. The standard InChI is InChI=1S/C20H25BrN4O/c1-12-15-8-14(20(15,2)3)9-16(12)24-17-10-23-25(19(26)18(17)21)11-13-4-6-22-7-5-13/h4-7,10,12,14-16,24H,8-9,11H2,1-3H3/t12-,14+,15-,16-/m1/s1. The van der Waals surface area contributed by atoms with Crippen LogP contribution in [-0.4, -0.2) is 20.8 Å². The van der Waals surface area contributed by atoms with Gasteiger partial charge >= 0.3 is 0 Å². The van der Waals surface area contributed by atoms with E-state index in [2.05, 4.69) is 52.1 Å². The maximum absolute atomic E-state index is 12.7. The summed E-state index contributed by atoms with van der Waals surface area (Å²) in [5.74, 6) is 2.14. The number of fused-ring (bicyclic) bond motifs is 2. The highest BCUT2D eigenvalue weighted by Gasteiger charge is 2.56. The monoisotopic (exact) mass is 416 g/mol. The zero-order chi connectivity index (χ0) is 18.5. The third-order valence-corrected chi connectivity index (χ3v) is 7.53. The Morgan fingerprint density at radius 3 is 2.69 bits per heavy atom. The van der Waals surface area contributed by atoms with Crippen molar-refractivity contribution in [3.8, 4) is 0 Å². The van der Waals surface area contributed by atoms with E-state index in [0.29, 0.717) is 28.4 Å². The van der Waals surface area contributed by atoms with Gasteiger partial charge in [-0.3, -0.25) is 9.78 Å². The average Bonchev–Trinajstić information content (AvgIpc) is 2.63. The molecule has 2 aromatic rings. The summed E-state index contributed by atoms with van der Waals surface area (Å²) in [7, 11) is 0. The zero-order valence-corrected chi connectivity index (χ0v) is 17.0. The quantitative estimate of drug-likeness (QED) is 0.819. The largest absolute Gasteiger partial charge is 0.380 e. The molecule has 0 amide bonds. The molecule has 5 nitrogen and oxygen atoms in total. The Bertz CT molecular complexity index is 864. The molecule has 2 heterocycles. The van der Waals surface area contributed by atoms with Crippen molar-refractivity contribution in [2.75, 3.05) is 5.32 Å². The van der Waals surface area contributed by atoms with Crippen LogP contribution in [0.15, 0.2) is 40.0 Å². The Balaban J connectivity index is 1.52.